The molecule has 1 aromatic heterocycles. The highest BCUT2D eigenvalue weighted by molar-refractivity contribution is 6.10. The summed E-state index contributed by atoms with van der Waals surface area (Å²) in [5.74, 6) is 1.69. The fourth-order valence-electron chi connectivity index (χ4n) is 8.33. The molecule has 258 valence electrons. The Morgan fingerprint density at radius 2 is 0.909 bits per heavy atom. The van der Waals surface area contributed by atoms with Crippen molar-refractivity contribution in [3.63, 3.8) is 0 Å². The van der Waals surface area contributed by atoms with Crippen LogP contribution in [0, 0.1) is 0 Å². The number of rotatable bonds is 5. The van der Waals surface area contributed by atoms with Crippen LogP contribution >= 0.6 is 0 Å². The summed E-state index contributed by atoms with van der Waals surface area (Å²) in [5, 5.41) is 4.69. The highest BCUT2D eigenvalue weighted by atomic mass is 16.5. The van der Waals surface area contributed by atoms with Gasteiger partial charge in [-0.15, -0.1) is 0 Å². The normalized spacial score (nSPS) is 12.1. The molecule has 3 nitrogen and oxygen atoms in total. The number of aromatic nitrogens is 1. The van der Waals surface area contributed by atoms with E-state index in [1.807, 2.05) is 0 Å². The molecule has 0 unspecified atom stereocenters. The second-order valence-electron chi connectivity index (χ2n) is 14.2. The molecular formula is C52H34N2O. The van der Waals surface area contributed by atoms with Crippen molar-refractivity contribution in [2.24, 2.45) is 0 Å². The summed E-state index contributed by atoms with van der Waals surface area (Å²) in [7, 11) is 0. The Kier molecular flexibility index (Phi) is 7.17. The maximum Gasteiger partial charge on any atom is 0.159 e. The standard InChI is InChI=1S/C52H34N2O/c1-3-13-35(14-4-1)37-16-11-17-38(31-37)39-18-12-21-43(32-39)54-49-29-27-41(34-51(49)55-52-44-22-8-7-15-36(44)25-30-50(52)54)40-26-28-48-46(33-40)45-23-9-10-24-47(45)53(48)42-19-5-2-6-20-42/h1-34H. The van der Waals surface area contributed by atoms with Crippen molar-refractivity contribution in [1.29, 1.82) is 0 Å². The van der Waals surface area contributed by atoms with Gasteiger partial charge in [-0.25, -0.2) is 0 Å². The monoisotopic (exact) mass is 702 g/mol. The van der Waals surface area contributed by atoms with Crippen molar-refractivity contribution >= 4 is 49.6 Å². The molecule has 1 aliphatic heterocycles. The highest BCUT2D eigenvalue weighted by Gasteiger charge is 2.28. The van der Waals surface area contributed by atoms with E-state index >= 15 is 0 Å². The maximum atomic E-state index is 6.96. The van der Waals surface area contributed by atoms with Gasteiger partial charge in [0, 0.05) is 27.5 Å². The molecule has 0 N–H and O–H groups in total. The van der Waals surface area contributed by atoms with E-state index in [0.29, 0.717) is 0 Å². The van der Waals surface area contributed by atoms with Crippen LogP contribution in [-0.4, -0.2) is 4.57 Å². The van der Waals surface area contributed by atoms with Crippen molar-refractivity contribution in [1.82, 2.24) is 4.57 Å². The summed E-state index contributed by atoms with van der Waals surface area (Å²) in [6, 6.07) is 73.8. The number of hydrogen-bond acceptors (Lipinski definition) is 2. The number of benzene rings is 9. The summed E-state index contributed by atoms with van der Waals surface area (Å²) in [4.78, 5) is 2.35. The lowest BCUT2D eigenvalue weighted by Crippen LogP contribution is -2.16. The van der Waals surface area contributed by atoms with E-state index < -0.39 is 0 Å². The molecule has 11 rings (SSSR count). The van der Waals surface area contributed by atoms with Gasteiger partial charge in [0.2, 0.25) is 0 Å². The maximum absolute atomic E-state index is 6.96. The summed E-state index contributed by atoms with van der Waals surface area (Å²) in [6.45, 7) is 0. The molecular weight excluding hydrogens is 669 g/mol. The van der Waals surface area contributed by atoms with Crippen LogP contribution in [-0.2, 0) is 0 Å². The van der Waals surface area contributed by atoms with Crippen LogP contribution < -0.4 is 9.64 Å². The Balaban J connectivity index is 1.05. The first-order chi connectivity index (χ1) is 27.3. The quantitative estimate of drug-likeness (QED) is 0.178. The summed E-state index contributed by atoms with van der Waals surface area (Å²) < 4.78 is 9.32. The van der Waals surface area contributed by atoms with Crippen LogP contribution in [0.25, 0.3) is 71.6 Å². The molecule has 3 heteroatoms. The molecule has 0 bridgehead atoms. The van der Waals surface area contributed by atoms with Crippen molar-refractivity contribution in [2.45, 2.75) is 0 Å². The summed E-state index contributed by atoms with van der Waals surface area (Å²) in [6.07, 6.45) is 0. The first-order valence-corrected chi connectivity index (χ1v) is 18.8. The third kappa shape index (κ3) is 5.20. The third-order valence-corrected chi connectivity index (χ3v) is 10.9. The Morgan fingerprint density at radius 1 is 0.327 bits per heavy atom. The lowest BCUT2D eigenvalue weighted by atomic mass is 9.98. The fourth-order valence-corrected chi connectivity index (χ4v) is 8.33. The predicted molar refractivity (Wildman–Crippen MR) is 229 cm³/mol. The number of nitrogens with zero attached hydrogens (tertiary/aromatic N) is 2. The van der Waals surface area contributed by atoms with E-state index in [2.05, 4.69) is 216 Å². The van der Waals surface area contributed by atoms with Gasteiger partial charge in [0.05, 0.1) is 22.4 Å². The van der Waals surface area contributed by atoms with E-state index in [9.17, 15) is 0 Å². The number of anilines is 3. The average molecular weight is 703 g/mol. The number of fused-ring (bicyclic) bond motifs is 7. The van der Waals surface area contributed by atoms with Crippen LogP contribution in [0.5, 0.6) is 11.5 Å². The molecule has 0 amide bonds. The molecule has 55 heavy (non-hydrogen) atoms. The van der Waals surface area contributed by atoms with Gasteiger partial charge in [0.25, 0.3) is 0 Å². The smallest absolute Gasteiger partial charge is 0.159 e. The molecule has 0 fully saturated rings. The first-order valence-electron chi connectivity index (χ1n) is 18.8. The van der Waals surface area contributed by atoms with E-state index in [1.54, 1.807) is 0 Å². The highest BCUT2D eigenvalue weighted by Crippen LogP contribution is 2.54. The number of hydrogen-bond donors (Lipinski definition) is 0. The molecule has 0 spiro atoms. The molecule has 0 atom stereocenters. The van der Waals surface area contributed by atoms with Crippen molar-refractivity contribution < 1.29 is 4.74 Å². The van der Waals surface area contributed by atoms with Gasteiger partial charge in [0.15, 0.2) is 11.5 Å². The molecule has 9 aromatic carbocycles. The van der Waals surface area contributed by atoms with Crippen LogP contribution in [0.2, 0.25) is 0 Å². The minimum atomic E-state index is 0.824. The SMILES string of the molecule is c1ccc(-c2cccc(-c3cccc(N4c5ccc(-c6ccc7c(c6)c6ccccc6n7-c6ccccc6)cc5Oc5c4ccc4ccccc54)c3)c2)cc1. The lowest BCUT2D eigenvalue weighted by molar-refractivity contribution is 0.483. The third-order valence-electron chi connectivity index (χ3n) is 10.9. The Bertz CT molecular complexity index is 3070. The van der Waals surface area contributed by atoms with Gasteiger partial charge in [-0.05, 0) is 105 Å². The van der Waals surface area contributed by atoms with Gasteiger partial charge >= 0.3 is 0 Å². The van der Waals surface area contributed by atoms with E-state index in [-0.39, 0.29) is 0 Å². The van der Waals surface area contributed by atoms with Gasteiger partial charge in [0.1, 0.15) is 0 Å². The predicted octanol–water partition coefficient (Wildman–Crippen LogP) is 14.5. The van der Waals surface area contributed by atoms with Gasteiger partial charge in [-0.3, -0.25) is 0 Å². The first kappa shape index (κ1) is 31.2. The largest absolute Gasteiger partial charge is 0.452 e. The van der Waals surface area contributed by atoms with Gasteiger partial charge in [-0.2, -0.15) is 0 Å². The van der Waals surface area contributed by atoms with Gasteiger partial charge in [-0.1, -0.05) is 140 Å². The van der Waals surface area contributed by atoms with E-state index in [1.165, 1.54) is 38.5 Å². The Labute approximate surface area is 319 Å². The minimum absolute atomic E-state index is 0.824. The van der Waals surface area contributed by atoms with Crippen molar-refractivity contribution in [2.75, 3.05) is 4.90 Å². The summed E-state index contributed by atoms with van der Waals surface area (Å²) >= 11 is 0. The van der Waals surface area contributed by atoms with Gasteiger partial charge < -0.3 is 14.2 Å². The average Bonchev–Trinajstić information content (AvgIpc) is 3.60. The molecule has 0 saturated heterocycles. The number of ether oxygens (including phenoxy) is 1. The Morgan fingerprint density at radius 3 is 1.76 bits per heavy atom. The zero-order valence-electron chi connectivity index (χ0n) is 29.9. The zero-order chi connectivity index (χ0) is 36.3. The fraction of sp³-hybridized carbons (Fsp3) is 0. The van der Waals surface area contributed by atoms with E-state index in [0.717, 1.165) is 61.7 Å². The Hall–Kier alpha value is -7.36. The van der Waals surface area contributed by atoms with Crippen LogP contribution in [0.1, 0.15) is 0 Å². The molecule has 1 aliphatic rings. The lowest BCUT2D eigenvalue weighted by Gasteiger charge is -2.34. The van der Waals surface area contributed by atoms with Crippen molar-refractivity contribution in [3.8, 4) is 50.6 Å². The van der Waals surface area contributed by atoms with Crippen molar-refractivity contribution in [3.05, 3.63) is 206 Å². The van der Waals surface area contributed by atoms with Crippen LogP contribution in [0.15, 0.2) is 206 Å². The second-order valence-corrected chi connectivity index (χ2v) is 14.2. The molecule has 2 heterocycles. The van der Waals surface area contributed by atoms with Crippen LogP contribution in [0.4, 0.5) is 17.1 Å². The molecule has 0 radical (unpaired) electrons. The number of para-hydroxylation sites is 2. The zero-order valence-corrected chi connectivity index (χ0v) is 29.9. The van der Waals surface area contributed by atoms with Crippen LogP contribution in [0.3, 0.4) is 0 Å². The second kappa shape index (κ2) is 12.6. The molecule has 0 aliphatic carbocycles. The molecule has 10 aromatic rings. The summed E-state index contributed by atoms with van der Waals surface area (Å²) in [5.41, 5.74) is 13.6. The van der Waals surface area contributed by atoms with E-state index in [4.69, 9.17) is 4.74 Å². The topological polar surface area (TPSA) is 17.4 Å². The molecule has 0 saturated carbocycles. The minimum Gasteiger partial charge on any atom is -0.452 e.